The number of hydrogen-bond acceptors (Lipinski definition) is 3. The van der Waals surface area contributed by atoms with Gasteiger partial charge in [-0.15, -0.1) is 6.58 Å². The highest BCUT2D eigenvalue weighted by molar-refractivity contribution is 5.85. The van der Waals surface area contributed by atoms with Crippen LogP contribution >= 0.6 is 0 Å². The van der Waals surface area contributed by atoms with E-state index in [0.717, 1.165) is 0 Å². The van der Waals surface area contributed by atoms with Crippen molar-refractivity contribution in [1.29, 1.82) is 0 Å². The standard InChI is InChI=1S/C6H8O2.C3H7NO2/c1-3-4-5(2)6(7)8;1-2-6-3(4)5/h3H,1-2,4H2,(H,7,8);2H2,1H3,(H2,4,5). The average Bonchev–Trinajstić information content (AvgIpc) is 2.05. The number of hydrogen-bond donors (Lipinski definition) is 2. The van der Waals surface area contributed by atoms with E-state index in [-0.39, 0.29) is 5.57 Å². The van der Waals surface area contributed by atoms with Gasteiger partial charge in [-0.25, -0.2) is 9.59 Å². The summed E-state index contributed by atoms with van der Waals surface area (Å²) in [5, 5.41) is 8.17. The normalized spacial score (nSPS) is 7.79. The monoisotopic (exact) mass is 201 g/mol. The quantitative estimate of drug-likeness (QED) is 0.530. The molecule has 0 aliphatic carbocycles. The summed E-state index contributed by atoms with van der Waals surface area (Å²) in [6, 6.07) is 0. The zero-order chi connectivity index (χ0) is 11.6. The highest BCUT2D eigenvalue weighted by Gasteiger charge is 1.97. The molecule has 0 rings (SSSR count). The van der Waals surface area contributed by atoms with Crippen LogP contribution in [0.15, 0.2) is 24.8 Å². The molecule has 0 aliphatic rings. The van der Waals surface area contributed by atoms with E-state index in [1.165, 1.54) is 6.08 Å². The maximum Gasteiger partial charge on any atom is 0.404 e. The summed E-state index contributed by atoms with van der Waals surface area (Å²) in [4.78, 5) is 19.5. The second-order valence-corrected chi connectivity index (χ2v) is 2.15. The SMILES string of the molecule is C=CCC(=C)C(=O)O.CCOC(N)=O. The van der Waals surface area contributed by atoms with Crippen molar-refractivity contribution in [2.75, 3.05) is 6.61 Å². The second-order valence-electron chi connectivity index (χ2n) is 2.15. The summed E-state index contributed by atoms with van der Waals surface area (Å²) in [6.07, 6.45) is 1.16. The maximum absolute atomic E-state index is 9.94. The van der Waals surface area contributed by atoms with Gasteiger partial charge in [0.2, 0.25) is 0 Å². The highest BCUT2D eigenvalue weighted by Crippen LogP contribution is 1.95. The summed E-state index contributed by atoms with van der Waals surface area (Å²) in [5.74, 6) is -0.954. The Kier molecular flexibility index (Phi) is 9.79. The zero-order valence-corrected chi connectivity index (χ0v) is 8.16. The molecule has 14 heavy (non-hydrogen) atoms. The number of amides is 1. The molecule has 0 unspecified atom stereocenters. The van der Waals surface area contributed by atoms with Gasteiger partial charge in [0.25, 0.3) is 0 Å². The van der Waals surface area contributed by atoms with Gasteiger partial charge in [-0.3, -0.25) is 0 Å². The van der Waals surface area contributed by atoms with E-state index in [0.29, 0.717) is 13.0 Å². The Labute approximate surface area is 82.9 Å². The Morgan fingerprint density at radius 3 is 2.14 bits per heavy atom. The Hall–Kier alpha value is -1.78. The number of allylic oxidation sites excluding steroid dienone is 1. The van der Waals surface area contributed by atoms with Crippen molar-refractivity contribution in [2.45, 2.75) is 13.3 Å². The molecule has 0 heterocycles. The Bertz CT molecular complexity index is 223. The van der Waals surface area contributed by atoms with Crippen LogP contribution < -0.4 is 5.73 Å². The Morgan fingerprint density at radius 1 is 1.57 bits per heavy atom. The molecule has 5 heteroatoms. The Balaban J connectivity index is 0. The molecule has 0 saturated heterocycles. The van der Waals surface area contributed by atoms with E-state index < -0.39 is 12.1 Å². The number of primary amides is 1. The summed E-state index contributed by atoms with van der Waals surface area (Å²) in [5.41, 5.74) is 4.72. The lowest BCUT2D eigenvalue weighted by Gasteiger charge is -1.89. The largest absolute Gasteiger partial charge is 0.478 e. The lowest BCUT2D eigenvalue weighted by Crippen LogP contribution is -2.11. The van der Waals surface area contributed by atoms with E-state index >= 15 is 0 Å². The molecule has 0 aromatic rings. The van der Waals surface area contributed by atoms with E-state index in [9.17, 15) is 9.59 Å². The van der Waals surface area contributed by atoms with Crippen LogP contribution in [0.2, 0.25) is 0 Å². The van der Waals surface area contributed by atoms with Crippen LogP contribution in [-0.2, 0) is 9.53 Å². The first kappa shape index (κ1) is 14.7. The number of rotatable bonds is 4. The van der Waals surface area contributed by atoms with Gasteiger partial charge in [0.15, 0.2) is 0 Å². The summed E-state index contributed by atoms with van der Waals surface area (Å²) in [7, 11) is 0. The molecule has 0 atom stereocenters. The second kappa shape index (κ2) is 9.31. The maximum atomic E-state index is 9.94. The van der Waals surface area contributed by atoms with Crippen LogP contribution in [0, 0.1) is 0 Å². The minimum absolute atomic E-state index is 0.181. The first-order valence-corrected chi connectivity index (χ1v) is 3.89. The third-order valence-corrected chi connectivity index (χ3v) is 0.980. The Morgan fingerprint density at radius 2 is 2.07 bits per heavy atom. The van der Waals surface area contributed by atoms with Gasteiger partial charge >= 0.3 is 12.1 Å². The molecule has 1 amide bonds. The number of nitrogens with two attached hydrogens (primary N) is 1. The van der Waals surface area contributed by atoms with Crippen molar-refractivity contribution in [1.82, 2.24) is 0 Å². The van der Waals surface area contributed by atoms with Crippen molar-refractivity contribution in [3.8, 4) is 0 Å². The smallest absolute Gasteiger partial charge is 0.404 e. The van der Waals surface area contributed by atoms with Crippen LogP contribution in [0.4, 0.5) is 4.79 Å². The third kappa shape index (κ3) is 12.9. The van der Waals surface area contributed by atoms with Gasteiger partial charge in [-0.1, -0.05) is 12.7 Å². The van der Waals surface area contributed by atoms with Gasteiger partial charge in [-0.05, 0) is 13.3 Å². The summed E-state index contributed by atoms with van der Waals surface area (Å²) >= 11 is 0. The third-order valence-electron chi connectivity index (χ3n) is 0.980. The van der Waals surface area contributed by atoms with Gasteiger partial charge in [0.05, 0.1) is 6.61 Å². The van der Waals surface area contributed by atoms with E-state index in [4.69, 9.17) is 5.11 Å². The van der Waals surface area contributed by atoms with Crippen molar-refractivity contribution >= 4 is 12.1 Å². The molecule has 0 spiro atoms. The molecule has 0 saturated carbocycles. The van der Waals surface area contributed by atoms with Gasteiger partial charge in [0, 0.05) is 5.57 Å². The van der Waals surface area contributed by atoms with Gasteiger partial charge in [-0.2, -0.15) is 0 Å². The molecule has 3 N–H and O–H groups in total. The zero-order valence-electron chi connectivity index (χ0n) is 8.16. The summed E-state index contributed by atoms with van der Waals surface area (Å²) < 4.78 is 4.18. The fourth-order valence-corrected chi connectivity index (χ4v) is 0.404. The van der Waals surface area contributed by atoms with Crippen molar-refractivity contribution in [2.24, 2.45) is 5.73 Å². The van der Waals surface area contributed by atoms with Crippen molar-refractivity contribution in [3.05, 3.63) is 24.8 Å². The molecule has 0 aromatic carbocycles. The van der Waals surface area contributed by atoms with Crippen LogP contribution in [0.1, 0.15) is 13.3 Å². The molecule has 0 radical (unpaired) electrons. The number of carboxylic acids is 1. The van der Waals surface area contributed by atoms with Gasteiger partial charge in [0.1, 0.15) is 0 Å². The van der Waals surface area contributed by atoms with Gasteiger partial charge < -0.3 is 15.6 Å². The highest BCUT2D eigenvalue weighted by atomic mass is 16.5. The van der Waals surface area contributed by atoms with Crippen LogP contribution in [-0.4, -0.2) is 23.8 Å². The molecular formula is C9H15NO4. The number of carboxylic acid groups (broad SMARTS) is 1. The average molecular weight is 201 g/mol. The van der Waals surface area contributed by atoms with Crippen LogP contribution in [0.5, 0.6) is 0 Å². The first-order chi connectivity index (χ1) is 6.45. The number of ether oxygens (including phenoxy) is 1. The first-order valence-electron chi connectivity index (χ1n) is 3.89. The van der Waals surface area contributed by atoms with E-state index in [1.807, 2.05) is 0 Å². The fraction of sp³-hybridized carbons (Fsp3) is 0.333. The molecule has 0 bridgehead atoms. The minimum Gasteiger partial charge on any atom is -0.478 e. The molecule has 80 valence electrons. The minimum atomic E-state index is -0.954. The topological polar surface area (TPSA) is 89.6 Å². The fourth-order valence-electron chi connectivity index (χ4n) is 0.404. The van der Waals surface area contributed by atoms with E-state index in [2.05, 4.69) is 23.6 Å². The number of aliphatic carboxylic acids is 1. The van der Waals surface area contributed by atoms with Crippen molar-refractivity contribution < 1.29 is 19.4 Å². The number of carbonyl (C=O) groups excluding carboxylic acids is 1. The lowest BCUT2D eigenvalue weighted by atomic mass is 10.2. The molecule has 0 fully saturated rings. The lowest BCUT2D eigenvalue weighted by molar-refractivity contribution is -0.132. The van der Waals surface area contributed by atoms with Crippen LogP contribution in [0.3, 0.4) is 0 Å². The molecule has 0 aromatic heterocycles. The van der Waals surface area contributed by atoms with E-state index in [1.54, 1.807) is 6.92 Å². The molecular weight excluding hydrogens is 186 g/mol. The predicted octanol–water partition coefficient (Wildman–Crippen LogP) is 1.30. The summed E-state index contributed by atoms with van der Waals surface area (Å²) in [6.45, 7) is 8.69. The number of carbonyl (C=O) groups is 2. The van der Waals surface area contributed by atoms with Crippen molar-refractivity contribution in [3.63, 3.8) is 0 Å². The molecule has 0 aliphatic heterocycles. The predicted molar refractivity (Wildman–Crippen MR) is 52.8 cm³/mol. The molecule has 5 nitrogen and oxygen atoms in total. The van der Waals surface area contributed by atoms with Crippen LogP contribution in [0.25, 0.3) is 0 Å².